The van der Waals surface area contributed by atoms with Gasteiger partial charge in [0, 0.05) is 6.04 Å². The lowest BCUT2D eigenvalue weighted by Crippen LogP contribution is -2.32. The van der Waals surface area contributed by atoms with E-state index in [0.717, 1.165) is 24.1 Å². The highest BCUT2D eigenvalue weighted by Gasteiger charge is 2.11. The number of hydrogen-bond donors (Lipinski definition) is 1. The lowest BCUT2D eigenvalue weighted by molar-refractivity contribution is 0.504. The van der Waals surface area contributed by atoms with Gasteiger partial charge < -0.3 is 5.32 Å². The van der Waals surface area contributed by atoms with Crippen LogP contribution in [0.3, 0.4) is 0 Å². The van der Waals surface area contributed by atoms with E-state index in [4.69, 9.17) is 0 Å². The quantitative estimate of drug-likeness (QED) is 0.750. The van der Waals surface area contributed by atoms with E-state index in [9.17, 15) is 8.78 Å². The van der Waals surface area contributed by atoms with Crippen molar-refractivity contribution in [3.8, 4) is 0 Å². The lowest BCUT2D eigenvalue weighted by Gasteiger charge is -2.18. The van der Waals surface area contributed by atoms with Gasteiger partial charge in [-0.2, -0.15) is 0 Å². The zero-order valence-corrected chi connectivity index (χ0v) is 10.4. The highest BCUT2D eigenvalue weighted by molar-refractivity contribution is 5.21. The molecule has 0 aromatic heterocycles. The Morgan fingerprint density at radius 2 is 2.06 bits per heavy atom. The van der Waals surface area contributed by atoms with E-state index >= 15 is 0 Å². The number of benzene rings is 1. The SMILES string of the molecule is C=C(C)C(Cc1ccc(F)c(F)c1)NCCC. The summed E-state index contributed by atoms with van der Waals surface area (Å²) in [5, 5.41) is 3.34. The first-order chi connectivity index (χ1) is 8.04. The van der Waals surface area contributed by atoms with E-state index in [2.05, 4.69) is 18.8 Å². The summed E-state index contributed by atoms with van der Waals surface area (Å²) in [5.74, 6) is -1.60. The van der Waals surface area contributed by atoms with Crippen LogP contribution in [-0.4, -0.2) is 12.6 Å². The molecule has 0 amide bonds. The molecule has 1 rings (SSSR count). The second-order valence-corrected chi connectivity index (χ2v) is 4.31. The molecular weight excluding hydrogens is 220 g/mol. The Hall–Kier alpha value is -1.22. The van der Waals surface area contributed by atoms with Crippen molar-refractivity contribution in [1.82, 2.24) is 5.32 Å². The molecule has 0 aliphatic carbocycles. The van der Waals surface area contributed by atoms with Gasteiger partial charge in [0.2, 0.25) is 0 Å². The van der Waals surface area contributed by atoms with Crippen LogP contribution < -0.4 is 5.32 Å². The van der Waals surface area contributed by atoms with Gasteiger partial charge in [0.05, 0.1) is 0 Å². The summed E-state index contributed by atoms with van der Waals surface area (Å²) in [6, 6.07) is 4.14. The molecular formula is C14H19F2N. The maximum absolute atomic E-state index is 13.1. The zero-order valence-electron chi connectivity index (χ0n) is 10.4. The average Bonchev–Trinajstić information content (AvgIpc) is 2.28. The van der Waals surface area contributed by atoms with Gasteiger partial charge in [-0.15, -0.1) is 0 Å². The van der Waals surface area contributed by atoms with Gasteiger partial charge in [-0.1, -0.05) is 25.1 Å². The number of nitrogens with one attached hydrogen (secondary N) is 1. The third kappa shape index (κ3) is 4.27. The Morgan fingerprint density at radius 1 is 1.35 bits per heavy atom. The molecule has 1 nitrogen and oxygen atoms in total. The van der Waals surface area contributed by atoms with E-state index in [1.165, 1.54) is 12.1 Å². The van der Waals surface area contributed by atoms with E-state index in [1.54, 1.807) is 6.07 Å². The number of rotatable bonds is 6. The summed E-state index contributed by atoms with van der Waals surface area (Å²) in [5.41, 5.74) is 1.78. The first-order valence-electron chi connectivity index (χ1n) is 5.87. The summed E-state index contributed by atoms with van der Waals surface area (Å²) < 4.78 is 25.9. The summed E-state index contributed by atoms with van der Waals surface area (Å²) >= 11 is 0. The van der Waals surface area contributed by atoms with Crippen LogP contribution >= 0.6 is 0 Å². The molecule has 3 heteroatoms. The third-order valence-corrected chi connectivity index (χ3v) is 2.66. The van der Waals surface area contributed by atoms with Crippen LogP contribution in [-0.2, 0) is 6.42 Å². The van der Waals surface area contributed by atoms with Crippen molar-refractivity contribution in [3.63, 3.8) is 0 Å². The largest absolute Gasteiger partial charge is 0.310 e. The minimum atomic E-state index is -0.804. The highest BCUT2D eigenvalue weighted by Crippen LogP contribution is 2.13. The smallest absolute Gasteiger partial charge is 0.159 e. The summed E-state index contributed by atoms with van der Waals surface area (Å²) in [6.07, 6.45) is 1.66. The molecule has 94 valence electrons. The lowest BCUT2D eigenvalue weighted by atomic mass is 10.0. The fourth-order valence-electron chi connectivity index (χ4n) is 1.64. The van der Waals surface area contributed by atoms with Gasteiger partial charge in [-0.3, -0.25) is 0 Å². The molecule has 0 fully saturated rings. The van der Waals surface area contributed by atoms with Crippen molar-refractivity contribution >= 4 is 0 Å². The Kier molecular flexibility index (Phi) is 5.29. The molecule has 1 unspecified atom stereocenters. The molecule has 1 aromatic rings. The Bertz CT molecular complexity index is 388. The fourth-order valence-corrected chi connectivity index (χ4v) is 1.64. The zero-order chi connectivity index (χ0) is 12.8. The van der Waals surface area contributed by atoms with Crippen LogP contribution in [0.2, 0.25) is 0 Å². The molecule has 0 bridgehead atoms. The second-order valence-electron chi connectivity index (χ2n) is 4.31. The van der Waals surface area contributed by atoms with Gasteiger partial charge in [-0.05, 0) is 44.0 Å². The average molecular weight is 239 g/mol. The predicted octanol–water partition coefficient (Wildman–Crippen LogP) is 3.45. The Morgan fingerprint density at radius 3 is 2.59 bits per heavy atom. The first kappa shape index (κ1) is 13.8. The standard InChI is InChI=1S/C14H19F2N/c1-4-7-17-14(10(2)3)9-11-5-6-12(15)13(16)8-11/h5-6,8,14,17H,2,4,7,9H2,1,3H3. The molecule has 0 spiro atoms. The van der Waals surface area contributed by atoms with Crippen molar-refractivity contribution in [1.29, 1.82) is 0 Å². The van der Waals surface area contributed by atoms with E-state index in [1.807, 2.05) is 6.92 Å². The maximum Gasteiger partial charge on any atom is 0.159 e. The van der Waals surface area contributed by atoms with Gasteiger partial charge in [0.1, 0.15) is 0 Å². The highest BCUT2D eigenvalue weighted by atomic mass is 19.2. The van der Waals surface area contributed by atoms with E-state index in [-0.39, 0.29) is 6.04 Å². The van der Waals surface area contributed by atoms with Crippen LogP contribution in [0.25, 0.3) is 0 Å². The Balaban J connectivity index is 2.71. The maximum atomic E-state index is 13.1. The van der Waals surface area contributed by atoms with E-state index < -0.39 is 11.6 Å². The topological polar surface area (TPSA) is 12.0 Å². The van der Waals surface area contributed by atoms with Crippen molar-refractivity contribution in [3.05, 3.63) is 47.5 Å². The molecule has 0 radical (unpaired) electrons. The Labute approximate surface area is 102 Å². The molecule has 0 saturated heterocycles. The minimum Gasteiger partial charge on any atom is -0.310 e. The van der Waals surface area contributed by atoms with Crippen LogP contribution in [0.5, 0.6) is 0 Å². The summed E-state index contributed by atoms with van der Waals surface area (Å²) in [6.45, 7) is 8.83. The normalized spacial score (nSPS) is 12.5. The second kappa shape index (κ2) is 6.50. The molecule has 0 aliphatic heterocycles. The van der Waals surface area contributed by atoms with Crippen molar-refractivity contribution in [2.75, 3.05) is 6.54 Å². The fraction of sp³-hybridized carbons (Fsp3) is 0.429. The monoisotopic (exact) mass is 239 g/mol. The minimum absolute atomic E-state index is 0.111. The van der Waals surface area contributed by atoms with Gasteiger partial charge in [0.25, 0.3) is 0 Å². The van der Waals surface area contributed by atoms with Gasteiger partial charge in [0.15, 0.2) is 11.6 Å². The number of hydrogen-bond acceptors (Lipinski definition) is 1. The molecule has 1 atom stereocenters. The summed E-state index contributed by atoms with van der Waals surface area (Å²) in [4.78, 5) is 0. The van der Waals surface area contributed by atoms with Crippen molar-refractivity contribution in [2.24, 2.45) is 0 Å². The van der Waals surface area contributed by atoms with Crippen molar-refractivity contribution < 1.29 is 8.78 Å². The van der Waals surface area contributed by atoms with Crippen molar-refractivity contribution in [2.45, 2.75) is 32.7 Å². The predicted molar refractivity (Wildman–Crippen MR) is 67.0 cm³/mol. The van der Waals surface area contributed by atoms with Crippen LogP contribution in [0.4, 0.5) is 8.78 Å². The van der Waals surface area contributed by atoms with Crippen LogP contribution in [0.15, 0.2) is 30.4 Å². The molecule has 17 heavy (non-hydrogen) atoms. The van der Waals surface area contributed by atoms with Crippen LogP contribution in [0, 0.1) is 11.6 Å². The molecule has 1 aromatic carbocycles. The third-order valence-electron chi connectivity index (χ3n) is 2.66. The summed E-state index contributed by atoms with van der Waals surface area (Å²) in [7, 11) is 0. The molecule has 0 aliphatic rings. The van der Waals surface area contributed by atoms with Crippen LogP contribution in [0.1, 0.15) is 25.8 Å². The molecule has 1 N–H and O–H groups in total. The molecule has 0 heterocycles. The van der Waals surface area contributed by atoms with Gasteiger partial charge in [-0.25, -0.2) is 8.78 Å². The van der Waals surface area contributed by atoms with Gasteiger partial charge >= 0.3 is 0 Å². The first-order valence-corrected chi connectivity index (χ1v) is 5.87. The molecule has 0 saturated carbocycles. The number of halogens is 2. The van der Waals surface area contributed by atoms with E-state index in [0.29, 0.717) is 6.42 Å².